The summed E-state index contributed by atoms with van der Waals surface area (Å²) in [6.45, 7) is 7.81. The number of benzene rings is 3. The molecule has 0 aromatic heterocycles. The molecule has 0 aliphatic carbocycles. The first kappa shape index (κ1) is 28.9. The van der Waals surface area contributed by atoms with Gasteiger partial charge in [0.05, 0.1) is 11.9 Å². The Morgan fingerprint density at radius 3 is 2.11 bits per heavy atom. The summed E-state index contributed by atoms with van der Waals surface area (Å²) in [5.41, 5.74) is 5.19. The third kappa shape index (κ3) is 7.68. The number of carbonyl (C=O) groups excluding carboxylic acids is 2. The van der Waals surface area contributed by atoms with E-state index in [4.69, 9.17) is 0 Å². The van der Waals surface area contributed by atoms with Gasteiger partial charge in [0, 0.05) is 19.5 Å². The Balaban J connectivity index is 2.04. The lowest BCUT2D eigenvalue weighted by Crippen LogP contribution is -2.53. The Labute approximate surface area is 226 Å². The number of hydrogen-bond acceptors (Lipinski definition) is 4. The lowest BCUT2D eigenvalue weighted by Gasteiger charge is -2.33. The number of anilines is 1. The molecule has 3 rings (SSSR count). The van der Waals surface area contributed by atoms with Gasteiger partial charge in [-0.05, 0) is 62.1 Å². The van der Waals surface area contributed by atoms with Gasteiger partial charge in [-0.15, -0.1) is 0 Å². The van der Waals surface area contributed by atoms with E-state index in [1.165, 1.54) is 4.90 Å². The lowest BCUT2D eigenvalue weighted by molar-refractivity contribution is -0.140. The molecule has 1 unspecified atom stereocenters. The Kier molecular flexibility index (Phi) is 9.69. The molecule has 8 heteroatoms. The predicted molar refractivity (Wildman–Crippen MR) is 152 cm³/mol. The van der Waals surface area contributed by atoms with Gasteiger partial charge in [0.2, 0.25) is 21.8 Å². The van der Waals surface area contributed by atoms with Gasteiger partial charge in [-0.1, -0.05) is 66.2 Å². The first-order valence-corrected chi connectivity index (χ1v) is 14.6. The van der Waals surface area contributed by atoms with Gasteiger partial charge >= 0.3 is 0 Å². The van der Waals surface area contributed by atoms with Crippen LogP contribution in [0.5, 0.6) is 0 Å². The number of nitrogens with one attached hydrogen (secondary N) is 1. The molecule has 38 heavy (non-hydrogen) atoms. The molecule has 0 fully saturated rings. The molecule has 0 radical (unpaired) electrons. The minimum atomic E-state index is -3.78. The molecular formula is C30H37N3O4S. The van der Waals surface area contributed by atoms with Crippen LogP contribution < -0.4 is 9.62 Å². The molecule has 0 heterocycles. The molecule has 0 spiro atoms. The first-order valence-electron chi connectivity index (χ1n) is 12.7. The third-order valence-electron chi connectivity index (χ3n) is 6.55. The highest BCUT2D eigenvalue weighted by Crippen LogP contribution is 2.23. The van der Waals surface area contributed by atoms with Gasteiger partial charge in [0.25, 0.3) is 0 Å². The Morgan fingerprint density at radius 2 is 1.53 bits per heavy atom. The third-order valence-corrected chi connectivity index (χ3v) is 7.69. The van der Waals surface area contributed by atoms with E-state index in [9.17, 15) is 18.0 Å². The maximum Gasteiger partial charge on any atom is 0.244 e. The Hall–Kier alpha value is -3.65. The number of likely N-dealkylation sites (N-methyl/N-ethyl adjacent to an activating group) is 1. The largest absolute Gasteiger partial charge is 0.355 e. The van der Waals surface area contributed by atoms with E-state index < -0.39 is 28.5 Å². The van der Waals surface area contributed by atoms with Crippen molar-refractivity contribution < 1.29 is 18.0 Å². The molecule has 1 atom stereocenters. The number of carbonyl (C=O) groups is 2. The summed E-state index contributed by atoms with van der Waals surface area (Å²) >= 11 is 0. The zero-order chi connectivity index (χ0) is 27.9. The van der Waals surface area contributed by atoms with Crippen LogP contribution >= 0.6 is 0 Å². The molecule has 0 saturated carbocycles. The van der Waals surface area contributed by atoms with E-state index in [1.807, 2.05) is 88.4 Å². The lowest BCUT2D eigenvalue weighted by atomic mass is 10.0. The number of hydrogen-bond donors (Lipinski definition) is 1. The maximum absolute atomic E-state index is 14.0. The van der Waals surface area contributed by atoms with Gasteiger partial charge < -0.3 is 10.2 Å². The number of aryl methyl sites for hydroxylation is 3. The zero-order valence-electron chi connectivity index (χ0n) is 22.8. The van der Waals surface area contributed by atoms with E-state index in [0.29, 0.717) is 18.7 Å². The molecule has 3 aromatic rings. The summed E-state index contributed by atoms with van der Waals surface area (Å²) < 4.78 is 26.8. The van der Waals surface area contributed by atoms with Crippen LogP contribution in [0.15, 0.2) is 72.8 Å². The van der Waals surface area contributed by atoms with E-state index in [0.717, 1.165) is 38.4 Å². The summed E-state index contributed by atoms with van der Waals surface area (Å²) in [7, 11) is -3.78. The molecule has 2 amide bonds. The minimum absolute atomic E-state index is 0.165. The van der Waals surface area contributed by atoms with E-state index in [2.05, 4.69) is 5.32 Å². The maximum atomic E-state index is 14.0. The van der Waals surface area contributed by atoms with Crippen LogP contribution in [0.2, 0.25) is 0 Å². The van der Waals surface area contributed by atoms with Crippen molar-refractivity contribution in [2.24, 2.45) is 0 Å². The van der Waals surface area contributed by atoms with Crippen molar-refractivity contribution in [1.82, 2.24) is 10.2 Å². The molecule has 1 N–H and O–H groups in total. The minimum Gasteiger partial charge on any atom is -0.355 e. The van der Waals surface area contributed by atoms with Crippen molar-refractivity contribution >= 4 is 27.5 Å². The van der Waals surface area contributed by atoms with Crippen molar-refractivity contribution in [2.75, 3.05) is 23.7 Å². The number of rotatable bonds is 11. The fraction of sp³-hybridized carbons (Fsp3) is 0.333. The Morgan fingerprint density at radius 1 is 0.868 bits per heavy atom. The fourth-order valence-corrected chi connectivity index (χ4v) is 5.07. The van der Waals surface area contributed by atoms with Crippen LogP contribution in [-0.4, -0.2) is 50.5 Å². The van der Waals surface area contributed by atoms with E-state index in [-0.39, 0.29) is 12.5 Å². The van der Waals surface area contributed by atoms with Gasteiger partial charge in [0.15, 0.2) is 0 Å². The molecular weight excluding hydrogens is 498 g/mol. The predicted octanol–water partition coefficient (Wildman–Crippen LogP) is 4.15. The number of amides is 2. The smallest absolute Gasteiger partial charge is 0.244 e. The van der Waals surface area contributed by atoms with Crippen molar-refractivity contribution in [1.29, 1.82) is 0 Å². The first-order chi connectivity index (χ1) is 18.0. The van der Waals surface area contributed by atoms with Crippen molar-refractivity contribution in [3.8, 4) is 0 Å². The van der Waals surface area contributed by atoms with Crippen molar-refractivity contribution in [3.05, 3.63) is 101 Å². The second-order valence-corrected chi connectivity index (χ2v) is 11.6. The number of sulfonamides is 1. The van der Waals surface area contributed by atoms with Crippen LogP contribution in [0.1, 0.15) is 34.7 Å². The van der Waals surface area contributed by atoms with Gasteiger partial charge in [0.1, 0.15) is 12.6 Å². The van der Waals surface area contributed by atoms with Crippen LogP contribution in [0.3, 0.4) is 0 Å². The average Bonchev–Trinajstić information content (AvgIpc) is 2.87. The van der Waals surface area contributed by atoms with E-state index >= 15 is 0 Å². The second-order valence-electron chi connectivity index (χ2n) is 9.65. The fourth-order valence-electron chi connectivity index (χ4n) is 4.23. The highest BCUT2D eigenvalue weighted by molar-refractivity contribution is 7.92. The monoisotopic (exact) mass is 535 g/mol. The quantitative estimate of drug-likeness (QED) is 0.400. The number of nitrogens with zero attached hydrogens (tertiary/aromatic N) is 2. The second kappa shape index (κ2) is 12.7. The summed E-state index contributed by atoms with van der Waals surface area (Å²) in [4.78, 5) is 28.8. The van der Waals surface area contributed by atoms with E-state index in [1.54, 1.807) is 12.1 Å². The van der Waals surface area contributed by atoms with Crippen molar-refractivity contribution in [2.45, 2.75) is 46.7 Å². The highest BCUT2D eigenvalue weighted by atomic mass is 32.2. The highest BCUT2D eigenvalue weighted by Gasteiger charge is 2.32. The van der Waals surface area contributed by atoms with Crippen molar-refractivity contribution in [3.63, 3.8) is 0 Å². The van der Waals surface area contributed by atoms with Gasteiger partial charge in [-0.25, -0.2) is 8.42 Å². The molecule has 0 bridgehead atoms. The molecule has 0 aliphatic heterocycles. The Bertz CT molecular complexity index is 1360. The molecule has 0 saturated heterocycles. The molecule has 3 aromatic carbocycles. The van der Waals surface area contributed by atoms with Crippen LogP contribution in [0.4, 0.5) is 5.69 Å². The van der Waals surface area contributed by atoms with Crippen LogP contribution in [0.25, 0.3) is 0 Å². The molecule has 7 nitrogen and oxygen atoms in total. The molecule has 202 valence electrons. The average molecular weight is 536 g/mol. The summed E-state index contributed by atoms with van der Waals surface area (Å²) in [6.07, 6.45) is 1.39. The summed E-state index contributed by atoms with van der Waals surface area (Å²) in [5, 5.41) is 2.86. The molecule has 0 aliphatic rings. The van der Waals surface area contributed by atoms with Gasteiger partial charge in [-0.3, -0.25) is 13.9 Å². The normalized spacial score (nSPS) is 12.0. The topological polar surface area (TPSA) is 86.8 Å². The standard InChI is InChI=1S/C30H37N3O4S/c1-6-31-30(35)28(19-25-10-8-7-9-11-25)32(20-26-15-12-22(2)13-16-26)29(34)21-33(38(5,36)37)27-17-14-23(3)24(4)18-27/h7-18,28H,6,19-21H2,1-5H3,(H,31,35). The van der Waals surface area contributed by atoms with Crippen LogP contribution in [0, 0.1) is 20.8 Å². The van der Waals surface area contributed by atoms with Crippen LogP contribution in [-0.2, 0) is 32.6 Å². The van der Waals surface area contributed by atoms with Gasteiger partial charge in [-0.2, -0.15) is 0 Å². The summed E-state index contributed by atoms with van der Waals surface area (Å²) in [6, 6.07) is 21.7. The SMILES string of the molecule is CCNC(=O)C(Cc1ccccc1)N(Cc1ccc(C)cc1)C(=O)CN(c1ccc(C)c(C)c1)S(C)(=O)=O. The summed E-state index contributed by atoms with van der Waals surface area (Å²) in [5.74, 6) is -0.740. The zero-order valence-corrected chi connectivity index (χ0v) is 23.6.